The normalized spacial score (nSPS) is 18.9. The van der Waals surface area contributed by atoms with Crippen LogP contribution in [0.2, 0.25) is 0 Å². The fourth-order valence-electron chi connectivity index (χ4n) is 3.50. The molecule has 2 atom stereocenters. The van der Waals surface area contributed by atoms with Gasteiger partial charge in [-0.3, -0.25) is 4.98 Å². The second-order valence-corrected chi connectivity index (χ2v) is 6.88. The zero-order valence-electron chi connectivity index (χ0n) is 15.2. The number of nitrogens with zero attached hydrogens (tertiary/aromatic N) is 2. The van der Waals surface area contributed by atoms with Crippen molar-refractivity contribution in [3.63, 3.8) is 0 Å². The molecule has 3 heterocycles. The van der Waals surface area contributed by atoms with Gasteiger partial charge in [0.15, 0.2) is 5.11 Å². The molecule has 1 fully saturated rings. The van der Waals surface area contributed by atoms with Gasteiger partial charge in [-0.25, -0.2) is 4.79 Å². The first kappa shape index (κ1) is 18.2. The quantitative estimate of drug-likeness (QED) is 0.634. The first-order valence-electron chi connectivity index (χ1n) is 9.00. The van der Waals surface area contributed by atoms with Crippen molar-refractivity contribution in [2.45, 2.75) is 19.0 Å². The molecule has 7 heteroatoms. The molecule has 4 rings (SSSR count). The maximum absolute atomic E-state index is 11.0. The summed E-state index contributed by atoms with van der Waals surface area (Å²) in [7, 11) is 0. The molecule has 0 spiro atoms. The van der Waals surface area contributed by atoms with E-state index >= 15 is 0 Å². The van der Waals surface area contributed by atoms with Crippen molar-refractivity contribution in [2.24, 2.45) is 0 Å². The predicted molar refractivity (Wildman–Crippen MR) is 109 cm³/mol. The molecule has 3 aromatic rings. The average molecular weight is 393 g/mol. The summed E-state index contributed by atoms with van der Waals surface area (Å²) in [6.45, 7) is 2.79. The van der Waals surface area contributed by atoms with Crippen molar-refractivity contribution >= 4 is 23.3 Å². The van der Waals surface area contributed by atoms with Crippen LogP contribution in [0.5, 0.6) is 0 Å². The topological polar surface area (TPSA) is 78.6 Å². The van der Waals surface area contributed by atoms with Crippen LogP contribution in [0, 0.1) is 0 Å². The Labute approximate surface area is 167 Å². The third-order valence-electron chi connectivity index (χ3n) is 4.87. The average Bonchev–Trinajstić information content (AvgIpc) is 3.33. The van der Waals surface area contributed by atoms with E-state index in [1.807, 2.05) is 30.3 Å². The van der Waals surface area contributed by atoms with E-state index in [2.05, 4.69) is 22.1 Å². The van der Waals surface area contributed by atoms with Gasteiger partial charge in [-0.1, -0.05) is 18.2 Å². The van der Waals surface area contributed by atoms with Crippen LogP contribution >= 0.6 is 12.2 Å². The Kier molecular flexibility index (Phi) is 4.83. The van der Waals surface area contributed by atoms with Crippen LogP contribution in [-0.4, -0.2) is 32.6 Å². The van der Waals surface area contributed by atoms with Crippen LogP contribution in [0.3, 0.4) is 0 Å². The molecule has 1 aliphatic rings. The smallest absolute Gasteiger partial charge is 0.335 e. The Balaban J connectivity index is 1.68. The van der Waals surface area contributed by atoms with E-state index in [4.69, 9.17) is 21.7 Å². The highest BCUT2D eigenvalue weighted by Gasteiger charge is 2.40. The lowest BCUT2D eigenvalue weighted by atomic mass is 10.0. The first-order chi connectivity index (χ1) is 13.6. The molecule has 0 unspecified atom stereocenters. The van der Waals surface area contributed by atoms with E-state index < -0.39 is 5.97 Å². The highest BCUT2D eigenvalue weighted by atomic mass is 32.1. The van der Waals surface area contributed by atoms with Gasteiger partial charge >= 0.3 is 5.97 Å². The van der Waals surface area contributed by atoms with Gasteiger partial charge in [-0.15, -0.1) is 0 Å². The summed E-state index contributed by atoms with van der Waals surface area (Å²) < 4.78 is 6.17. The number of carbonyl (C=O) groups is 1. The highest BCUT2D eigenvalue weighted by molar-refractivity contribution is 7.80. The molecule has 6 nitrogen and oxygen atoms in total. The molecule has 1 saturated heterocycles. The van der Waals surface area contributed by atoms with Crippen molar-refractivity contribution < 1.29 is 14.3 Å². The number of benzene rings is 1. The minimum absolute atomic E-state index is 0.109. The van der Waals surface area contributed by atoms with Crippen LogP contribution in [0.4, 0.5) is 0 Å². The summed E-state index contributed by atoms with van der Waals surface area (Å²) >= 11 is 5.52. The number of carboxylic acids is 1. The van der Waals surface area contributed by atoms with Crippen molar-refractivity contribution in [3.05, 3.63) is 77.8 Å². The number of pyridine rings is 1. The number of thiocarbonyl (C=S) groups is 1. The highest BCUT2D eigenvalue weighted by Crippen LogP contribution is 2.40. The zero-order valence-corrected chi connectivity index (χ0v) is 16.0. The molecule has 2 aromatic heterocycles. The number of aromatic nitrogens is 1. The molecular weight excluding hydrogens is 374 g/mol. The molecule has 0 saturated carbocycles. The van der Waals surface area contributed by atoms with Crippen LogP contribution in [0.25, 0.3) is 11.3 Å². The zero-order chi connectivity index (χ0) is 19.7. The molecular formula is C21H19N3O3S. The summed E-state index contributed by atoms with van der Waals surface area (Å²) in [6.07, 6.45) is 1.77. The van der Waals surface area contributed by atoms with Gasteiger partial charge in [0.2, 0.25) is 0 Å². The number of likely N-dealkylation sites (N-methyl/N-ethyl adjacent to an activating group) is 1. The lowest BCUT2D eigenvalue weighted by Crippen LogP contribution is -2.29. The summed E-state index contributed by atoms with van der Waals surface area (Å²) in [6, 6.07) is 16.1. The molecule has 0 bridgehead atoms. The number of aromatic carboxylic acids is 1. The Morgan fingerprint density at radius 1 is 1.21 bits per heavy atom. The van der Waals surface area contributed by atoms with Gasteiger partial charge in [0.05, 0.1) is 17.3 Å². The SMILES string of the molecule is CCN1C(=S)N[C@@H](c2ccccn2)[C@H]1c1ccc(-c2ccc(C(=O)O)cc2)o1. The lowest BCUT2D eigenvalue weighted by Gasteiger charge is -2.24. The van der Waals surface area contributed by atoms with Gasteiger partial charge in [0.25, 0.3) is 0 Å². The number of rotatable bonds is 5. The predicted octanol–water partition coefficient (Wildman–Crippen LogP) is 4.03. The summed E-state index contributed by atoms with van der Waals surface area (Å²) in [5.41, 5.74) is 1.96. The van der Waals surface area contributed by atoms with E-state index in [0.717, 1.165) is 23.6 Å². The summed E-state index contributed by atoms with van der Waals surface area (Å²) in [5, 5.41) is 13.1. The van der Waals surface area contributed by atoms with Crippen molar-refractivity contribution in [1.29, 1.82) is 0 Å². The largest absolute Gasteiger partial charge is 0.478 e. The van der Waals surface area contributed by atoms with Crippen LogP contribution in [-0.2, 0) is 0 Å². The van der Waals surface area contributed by atoms with E-state index in [9.17, 15) is 4.79 Å². The number of furan rings is 1. The molecule has 1 aliphatic heterocycles. The van der Waals surface area contributed by atoms with E-state index in [0.29, 0.717) is 10.9 Å². The lowest BCUT2D eigenvalue weighted by molar-refractivity contribution is 0.0697. The Morgan fingerprint density at radius 3 is 2.64 bits per heavy atom. The molecule has 0 aliphatic carbocycles. The van der Waals surface area contributed by atoms with Gasteiger partial charge in [0.1, 0.15) is 17.6 Å². The second kappa shape index (κ2) is 7.44. The third-order valence-corrected chi connectivity index (χ3v) is 5.23. The fourth-order valence-corrected chi connectivity index (χ4v) is 3.87. The Morgan fingerprint density at radius 2 is 2.00 bits per heavy atom. The first-order valence-corrected chi connectivity index (χ1v) is 9.41. The summed E-state index contributed by atoms with van der Waals surface area (Å²) in [5.74, 6) is 0.511. The second-order valence-electron chi connectivity index (χ2n) is 6.50. The van der Waals surface area contributed by atoms with Crippen LogP contribution in [0.15, 0.2) is 65.2 Å². The van der Waals surface area contributed by atoms with Gasteiger partial charge < -0.3 is 19.7 Å². The van der Waals surface area contributed by atoms with E-state index in [1.54, 1.807) is 30.5 Å². The maximum Gasteiger partial charge on any atom is 0.335 e. The number of nitrogens with one attached hydrogen (secondary N) is 1. The van der Waals surface area contributed by atoms with Crippen LogP contribution < -0.4 is 5.32 Å². The maximum atomic E-state index is 11.0. The molecule has 142 valence electrons. The minimum atomic E-state index is -0.950. The molecule has 0 radical (unpaired) electrons. The van der Waals surface area contributed by atoms with E-state index in [1.165, 1.54) is 0 Å². The molecule has 2 N–H and O–H groups in total. The van der Waals surface area contributed by atoms with Crippen LogP contribution in [0.1, 0.15) is 40.8 Å². The van der Waals surface area contributed by atoms with Crippen molar-refractivity contribution in [2.75, 3.05) is 6.54 Å². The van der Waals surface area contributed by atoms with Crippen molar-refractivity contribution in [3.8, 4) is 11.3 Å². The number of carboxylic acid groups (broad SMARTS) is 1. The fraction of sp³-hybridized carbons (Fsp3) is 0.190. The molecule has 1 aromatic carbocycles. The number of hydrogen-bond donors (Lipinski definition) is 2. The number of hydrogen-bond acceptors (Lipinski definition) is 4. The molecule has 0 amide bonds. The monoisotopic (exact) mass is 393 g/mol. The van der Waals surface area contributed by atoms with Gasteiger partial charge in [0, 0.05) is 18.3 Å². The molecule has 28 heavy (non-hydrogen) atoms. The summed E-state index contributed by atoms with van der Waals surface area (Å²) in [4.78, 5) is 17.6. The Bertz CT molecular complexity index is 1000. The van der Waals surface area contributed by atoms with Gasteiger partial charge in [-0.05, 0) is 55.5 Å². The van der Waals surface area contributed by atoms with Gasteiger partial charge in [-0.2, -0.15) is 0 Å². The van der Waals surface area contributed by atoms with E-state index in [-0.39, 0.29) is 17.6 Å². The third kappa shape index (κ3) is 3.25. The van der Waals surface area contributed by atoms with Crippen molar-refractivity contribution in [1.82, 2.24) is 15.2 Å². The Hall–Kier alpha value is -3.19. The standard InChI is InChI=1S/C21H19N3O3S/c1-2-24-19(18(23-21(24)28)15-5-3-4-12-22-15)17-11-10-16(27-17)13-6-8-14(9-7-13)20(25)26/h3-12,18-19H,2H2,1H3,(H,23,28)(H,25,26)/t18-,19+/m0/s1. The minimum Gasteiger partial charge on any atom is -0.478 e.